The van der Waals surface area contributed by atoms with Gasteiger partial charge in [-0.2, -0.15) is 0 Å². The van der Waals surface area contributed by atoms with Gasteiger partial charge in [0.15, 0.2) is 0 Å². The molecule has 28 heavy (non-hydrogen) atoms. The zero-order valence-electron chi connectivity index (χ0n) is 15.1. The number of halogens is 1. The number of carbonyl (C=O) groups excluding carboxylic acids is 2. The van der Waals surface area contributed by atoms with E-state index < -0.39 is 11.9 Å². The molecule has 142 valence electrons. The van der Waals surface area contributed by atoms with Gasteiger partial charge < -0.3 is 15.4 Å². The highest BCUT2D eigenvalue weighted by atomic mass is 19.1. The fourth-order valence-corrected chi connectivity index (χ4v) is 2.54. The Labute approximate surface area is 161 Å². The predicted octanol–water partition coefficient (Wildman–Crippen LogP) is 3.87. The number of pyridine rings is 1. The van der Waals surface area contributed by atoms with E-state index in [1.54, 1.807) is 48.5 Å². The molecule has 1 heterocycles. The summed E-state index contributed by atoms with van der Waals surface area (Å²) in [5, 5.41) is 5.84. The predicted molar refractivity (Wildman–Crippen MR) is 104 cm³/mol. The molecule has 3 aromatic rings. The summed E-state index contributed by atoms with van der Waals surface area (Å²) in [7, 11) is 1.28. The molecule has 0 bridgehead atoms. The second-order valence-electron chi connectivity index (χ2n) is 5.90. The van der Waals surface area contributed by atoms with Gasteiger partial charge in [0.1, 0.15) is 11.5 Å². The Morgan fingerprint density at radius 2 is 1.82 bits per heavy atom. The van der Waals surface area contributed by atoms with Crippen molar-refractivity contribution in [1.82, 2.24) is 4.98 Å². The fraction of sp³-hybridized carbons (Fsp3) is 0.0952. The van der Waals surface area contributed by atoms with E-state index >= 15 is 0 Å². The van der Waals surface area contributed by atoms with E-state index in [0.717, 1.165) is 5.56 Å². The topological polar surface area (TPSA) is 80.3 Å². The maximum absolute atomic E-state index is 13.0. The van der Waals surface area contributed by atoms with Crippen molar-refractivity contribution < 1.29 is 18.7 Å². The molecule has 0 radical (unpaired) electrons. The number of hydrogen-bond acceptors (Lipinski definition) is 5. The lowest BCUT2D eigenvalue weighted by molar-refractivity contribution is 0.0602. The molecule has 0 aliphatic heterocycles. The number of aromatic nitrogens is 1. The van der Waals surface area contributed by atoms with Crippen molar-refractivity contribution in [1.29, 1.82) is 0 Å². The molecule has 2 N–H and O–H groups in total. The van der Waals surface area contributed by atoms with E-state index in [1.807, 2.05) is 0 Å². The minimum absolute atomic E-state index is 0.184. The molecule has 0 fully saturated rings. The average Bonchev–Trinajstić information content (AvgIpc) is 2.73. The number of ether oxygens (including phenoxy) is 1. The number of nitrogens with zero attached hydrogens (tertiary/aromatic N) is 1. The molecule has 2 aromatic carbocycles. The summed E-state index contributed by atoms with van der Waals surface area (Å²) in [5.74, 6) is -1.29. The quantitative estimate of drug-likeness (QED) is 0.636. The maximum atomic E-state index is 13.0. The van der Waals surface area contributed by atoms with Gasteiger partial charge >= 0.3 is 5.97 Å². The normalized spacial score (nSPS) is 10.2. The zero-order chi connectivity index (χ0) is 19.9. The van der Waals surface area contributed by atoms with E-state index in [-0.39, 0.29) is 17.1 Å². The van der Waals surface area contributed by atoms with Crippen LogP contribution in [-0.4, -0.2) is 24.0 Å². The first kappa shape index (κ1) is 19.0. The molecule has 1 aromatic heterocycles. The van der Waals surface area contributed by atoms with Gasteiger partial charge in [0.05, 0.1) is 18.4 Å². The first-order valence-electron chi connectivity index (χ1n) is 8.50. The molecule has 0 spiro atoms. The zero-order valence-corrected chi connectivity index (χ0v) is 15.1. The van der Waals surface area contributed by atoms with Crippen molar-refractivity contribution >= 4 is 23.3 Å². The van der Waals surface area contributed by atoms with Gasteiger partial charge in [-0.05, 0) is 42.0 Å². The van der Waals surface area contributed by atoms with Crippen LogP contribution in [0.25, 0.3) is 0 Å². The Kier molecular flexibility index (Phi) is 5.96. The van der Waals surface area contributed by atoms with Crippen molar-refractivity contribution in [3.63, 3.8) is 0 Å². The summed E-state index contributed by atoms with van der Waals surface area (Å²) in [6.07, 6.45) is 1.51. The van der Waals surface area contributed by atoms with E-state index in [4.69, 9.17) is 4.74 Å². The van der Waals surface area contributed by atoms with Gasteiger partial charge in [0.2, 0.25) is 0 Å². The molecule has 0 atom stereocenters. The number of nitrogens with one attached hydrogen (secondary N) is 2. The van der Waals surface area contributed by atoms with E-state index in [9.17, 15) is 14.0 Å². The fourth-order valence-electron chi connectivity index (χ4n) is 2.54. The summed E-state index contributed by atoms with van der Waals surface area (Å²) >= 11 is 0. The van der Waals surface area contributed by atoms with Crippen LogP contribution in [0.3, 0.4) is 0 Å². The van der Waals surface area contributed by atoms with Gasteiger partial charge in [-0.25, -0.2) is 9.18 Å². The number of rotatable bonds is 6. The smallest absolute Gasteiger partial charge is 0.339 e. The number of methoxy groups -OCH3 is 1. The van der Waals surface area contributed by atoms with Crippen molar-refractivity contribution in [2.24, 2.45) is 0 Å². The number of para-hydroxylation sites is 1. The number of esters is 1. The van der Waals surface area contributed by atoms with E-state index in [1.165, 1.54) is 25.4 Å². The van der Waals surface area contributed by atoms with Gasteiger partial charge in [-0.1, -0.05) is 24.3 Å². The molecule has 7 heteroatoms. The summed E-state index contributed by atoms with van der Waals surface area (Å²) in [4.78, 5) is 28.4. The second-order valence-corrected chi connectivity index (χ2v) is 5.90. The highest BCUT2D eigenvalue weighted by Gasteiger charge is 2.15. The Balaban J connectivity index is 1.70. The van der Waals surface area contributed by atoms with Gasteiger partial charge in [0, 0.05) is 18.4 Å². The maximum Gasteiger partial charge on any atom is 0.339 e. The van der Waals surface area contributed by atoms with Gasteiger partial charge in [-0.3, -0.25) is 9.78 Å². The second kappa shape index (κ2) is 8.77. The largest absolute Gasteiger partial charge is 0.465 e. The standard InChI is InChI=1S/C21H18FN3O3/c1-28-21(27)17-4-2-3-5-18(17)25-20(26)19-12-16(10-11-23-19)24-13-14-6-8-15(22)9-7-14/h2-12H,13H2,1H3,(H,23,24)(H,25,26). The first-order chi connectivity index (χ1) is 13.6. The van der Waals surface area contributed by atoms with Crippen LogP contribution in [0.15, 0.2) is 66.9 Å². The van der Waals surface area contributed by atoms with Crippen molar-refractivity contribution in [3.8, 4) is 0 Å². The third-order valence-electron chi connectivity index (χ3n) is 3.98. The summed E-state index contributed by atoms with van der Waals surface area (Å²) in [6, 6.07) is 16.0. The van der Waals surface area contributed by atoms with Crippen LogP contribution in [0.1, 0.15) is 26.4 Å². The monoisotopic (exact) mass is 379 g/mol. The van der Waals surface area contributed by atoms with Crippen LogP contribution in [-0.2, 0) is 11.3 Å². The molecule has 3 rings (SSSR count). The summed E-state index contributed by atoms with van der Waals surface area (Å²) < 4.78 is 17.7. The molecule has 1 amide bonds. The van der Waals surface area contributed by atoms with Crippen LogP contribution >= 0.6 is 0 Å². The van der Waals surface area contributed by atoms with Crippen LogP contribution in [0, 0.1) is 5.82 Å². The summed E-state index contributed by atoms with van der Waals surface area (Å²) in [6.45, 7) is 0.469. The van der Waals surface area contributed by atoms with Gasteiger partial charge in [-0.15, -0.1) is 0 Å². The Bertz CT molecular complexity index is 990. The minimum Gasteiger partial charge on any atom is -0.465 e. The van der Waals surface area contributed by atoms with Crippen LogP contribution in [0.4, 0.5) is 15.8 Å². The lowest BCUT2D eigenvalue weighted by Gasteiger charge is -2.11. The number of anilines is 2. The van der Waals surface area contributed by atoms with Crippen molar-refractivity contribution in [2.45, 2.75) is 6.54 Å². The minimum atomic E-state index is -0.543. The Morgan fingerprint density at radius 1 is 1.07 bits per heavy atom. The molecule has 0 aliphatic rings. The third kappa shape index (κ3) is 4.70. The highest BCUT2D eigenvalue weighted by molar-refractivity contribution is 6.07. The lowest BCUT2D eigenvalue weighted by Crippen LogP contribution is -2.16. The molecule has 0 aliphatic carbocycles. The average molecular weight is 379 g/mol. The molecule has 0 saturated carbocycles. The van der Waals surface area contributed by atoms with Crippen molar-refractivity contribution in [3.05, 3.63) is 89.5 Å². The number of amides is 1. The Morgan fingerprint density at radius 3 is 2.57 bits per heavy atom. The number of hydrogen-bond donors (Lipinski definition) is 2. The molecule has 6 nitrogen and oxygen atoms in total. The van der Waals surface area contributed by atoms with Crippen molar-refractivity contribution in [2.75, 3.05) is 17.7 Å². The number of carbonyl (C=O) groups is 2. The Hall–Kier alpha value is -3.74. The lowest BCUT2D eigenvalue weighted by atomic mass is 10.1. The van der Waals surface area contributed by atoms with E-state index in [0.29, 0.717) is 17.9 Å². The molecule has 0 saturated heterocycles. The molecule has 0 unspecified atom stereocenters. The number of benzene rings is 2. The van der Waals surface area contributed by atoms with Crippen LogP contribution in [0.2, 0.25) is 0 Å². The van der Waals surface area contributed by atoms with Gasteiger partial charge in [0.25, 0.3) is 5.91 Å². The third-order valence-corrected chi connectivity index (χ3v) is 3.98. The SMILES string of the molecule is COC(=O)c1ccccc1NC(=O)c1cc(NCc2ccc(F)cc2)ccn1. The molecular formula is C21H18FN3O3. The van der Waals surface area contributed by atoms with E-state index in [2.05, 4.69) is 15.6 Å². The summed E-state index contributed by atoms with van der Waals surface area (Å²) in [5.41, 5.74) is 2.36. The van der Waals surface area contributed by atoms with Crippen LogP contribution < -0.4 is 10.6 Å². The first-order valence-corrected chi connectivity index (χ1v) is 8.50. The molecular weight excluding hydrogens is 361 g/mol. The van der Waals surface area contributed by atoms with Crippen LogP contribution in [0.5, 0.6) is 0 Å². The highest BCUT2D eigenvalue weighted by Crippen LogP contribution is 2.18.